The average molecular weight is 382 g/mol. The molecule has 6 heteroatoms. The SMILES string of the molecule is COc1ccc(C)cc1NC(=O)CSc1nccn1-c1cc(C)cc(C)c1. The van der Waals surface area contributed by atoms with Crippen LogP contribution in [0.15, 0.2) is 53.9 Å². The van der Waals surface area contributed by atoms with Crippen molar-refractivity contribution in [3.05, 3.63) is 65.5 Å². The second kappa shape index (κ2) is 8.31. The Morgan fingerprint density at radius 1 is 1.11 bits per heavy atom. The highest BCUT2D eigenvalue weighted by atomic mass is 32.2. The van der Waals surface area contributed by atoms with Crippen molar-refractivity contribution >= 4 is 23.4 Å². The Labute approximate surface area is 163 Å². The molecule has 2 aromatic carbocycles. The van der Waals surface area contributed by atoms with Crippen LogP contribution in [0.2, 0.25) is 0 Å². The van der Waals surface area contributed by atoms with Crippen LogP contribution in [-0.2, 0) is 4.79 Å². The van der Waals surface area contributed by atoms with Crippen molar-refractivity contribution in [3.8, 4) is 11.4 Å². The van der Waals surface area contributed by atoms with Crippen molar-refractivity contribution in [2.24, 2.45) is 0 Å². The molecule has 0 aliphatic heterocycles. The van der Waals surface area contributed by atoms with Crippen molar-refractivity contribution in [1.82, 2.24) is 9.55 Å². The van der Waals surface area contributed by atoms with Gasteiger partial charge in [-0.3, -0.25) is 9.36 Å². The molecule has 1 aromatic heterocycles. The fourth-order valence-electron chi connectivity index (χ4n) is 2.92. The number of hydrogen-bond donors (Lipinski definition) is 1. The topological polar surface area (TPSA) is 56.1 Å². The molecule has 1 N–H and O–H groups in total. The minimum absolute atomic E-state index is 0.0983. The number of ether oxygens (including phenoxy) is 1. The molecule has 0 bridgehead atoms. The monoisotopic (exact) mass is 381 g/mol. The molecule has 0 aliphatic carbocycles. The van der Waals surface area contributed by atoms with E-state index in [0.29, 0.717) is 11.4 Å². The van der Waals surface area contributed by atoms with Crippen molar-refractivity contribution in [2.45, 2.75) is 25.9 Å². The van der Waals surface area contributed by atoms with Gasteiger partial charge in [-0.1, -0.05) is 23.9 Å². The first-order valence-electron chi connectivity index (χ1n) is 8.65. The molecule has 3 aromatic rings. The zero-order valence-electron chi connectivity index (χ0n) is 15.9. The molecule has 5 nitrogen and oxygen atoms in total. The fourth-order valence-corrected chi connectivity index (χ4v) is 3.69. The lowest BCUT2D eigenvalue weighted by Crippen LogP contribution is -2.15. The van der Waals surface area contributed by atoms with Gasteiger partial charge in [-0.05, 0) is 61.7 Å². The largest absolute Gasteiger partial charge is 0.495 e. The Morgan fingerprint density at radius 2 is 1.85 bits per heavy atom. The Bertz CT molecular complexity index is 946. The van der Waals surface area contributed by atoms with Gasteiger partial charge in [0.1, 0.15) is 5.75 Å². The summed E-state index contributed by atoms with van der Waals surface area (Å²) in [7, 11) is 1.59. The normalized spacial score (nSPS) is 10.7. The highest BCUT2D eigenvalue weighted by molar-refractivity contribution is 7.99. The number of carbonyl (C=O) groups excluding carboxylic acids is 1. The predicted molar refractivity (Wildman–Crippen MR) is 110 cm³/mol. The summed E-state index contributed by atoms with van der Waals surface area (Å²) in [4.78, 5) is 16.8. The van der Waals surface area contributed by atoms with Crippen molar-refractivity contribution in [3.63, 3.8) is 0 Å². The summed E-state index contributed by atoms with van der Waals surface area (Å²) in [6.45, 7) is 6.12. The first-order valence-corrected chi connectivity index (χ1v) is 9.64. The van der Waals surface area contributed by atoms with Gasteiger partial charge < -0.3 is 10.1 Å². The number of hydrogen-bond acceptors (Lipinski definition) is 4. The van der Waals surface area contributed by atoms with Crippen LogP contribution in [0.25, 0.3) is 5.69 Å². The maximum atomic E-state index is 12.4. The molecule has 0 saturated heterocycles. The van der Waals surface area contributed by atoms with Gasteiger partial charge >= 0.3 is 0 Å². The second-order valence-electron chi connectivity index (χ2n) is 6.47. The molecule has 0 spiro atoms. The van der Waals surface area contributed by atoms with E-state index in [-0.39, 0.29) is 11.7 Å². The summed E-state index contributed by atoms with van der Waals surface area (Å²) in [6.07, 6.45) is 3.67. The summed E-state index contributed by atoms with van der Waals surface area (Å²) in [5.74, 6) is 0.813. The molecule has 0 saturated carbocycles. The van der Waals surface area contributed by atoms with E-state index in [0.717, 1.165) is 16.4 Å². The summed E-state index contributed by atoms with van der Waals surface area (Å²) >= 11 is 1.40. The number of imidazole rings is 1. The second-order valence-corrected chi connectivity index (χ2v) is 7.41. The van der Waals surface area contributed by atoms with Crippen LogP contribution in [-0.4, -0.2) is 28.3 Å². The van der Waals surface area contributed by atoms with E-state index in [9.17, 15) is 4.79 Å². The number of nitrogens with one attached hydrogen (secondary N) is 1. The predicted octanol–water partition coefficient (Wildman–Crippen LogP) is 4.54. The lowest BCUT2D eigenvalue weighted by molar-refractivity contribution is -0.113. The van der Waals surface area contributed by atoms with Crippen LogP contribution in [0.3, 0.4) is 0 Å². The quantitative estimate of drug-likeness (QED) is 0.637. The first kappa shape index (κ1) is 19.0. The number of amides is 1. The van der Waals surface area contributed by atoms with Crippen LogP contribution < -0.4 is 10.1 Å². The molecule has 0 fully saturated rings. The highest BCUT2D eigenvalue weighted by Gasteiger charge is 2.12. The standard InChI is InChI=1S/C21H23N3O2S/c1-14-5-6-19(26-4)18(12-14)23-20(25)13-27-21-22-7-8-24(21)17-10-15(2)9-16(3)11-17/h5-12H,13H2,1-4H3,(H,23,25). The molecule has 27 heavy (non-hydrogen) atoms. The molecule has 3 rings (SSSR count). The molecule has 0 unspecified atom stereocenters. The molecule has 1 heterocycles. The zero-order valence-corrected chi connectivity index (χ0v) is 16.8. The van der Waals surface area contributed by atoms with Gasteiger partial charge in [0.2, 0.25) is 5.91 Å². The van der Waals surface area contributed by atoms with E-state index >= 15 is 0 Å². The Kier molecular flexibility index (Phi) is 5.86. The Hall–Kier alpha value is -2.73. The molecule has 0 atom stereocenters. The molecule has 0 radical (unpaired) electrons. The van der Waals surface area contributed by atoms with Gasteiger partial charge in [-0.15, -0.1) is 0 Å². The van der Waals surface area contributed by atoms with E-state index in [1.165, 1.54) is 22.9 Å². The van der Waals surface area contributed by atoms with E-state index in [1.54, 1.807) is 13.3 Å². The number of thioether (sulfide) groups is 1. The summed E-state index contributed by atoms with van der Waals surface area (Å²) < 4.78 is 7.32. The minimum atomic E-state index is -0.0983. The summed E-state index contributed by atoms with van der Waals surface area (Å²) in [5.41, 5.74) is 5.18. The van der Waals surface area contributed by atoms with Gasteiger partial charge in [0.15, 0.2) is 5.16 Å². The first-order chi connectivity index (χ1) is 13.0. The Morgan fingerprint density at radius 3 is 2.56 bits per heavy atom. The third kappa shape index (κ3) is 4.71. The smallest absolute Gasteiger partial charge is 0.234 e. The zero-order chi connectivity index (χ0) is 19.4. The number of carbonyl (C=O) groups is 1. The van der Waals surface area contributed by atoms with E-state index in [1.807, 2.05) is 35.9 Å². The summed E-state index contributed by atoms with van der Waals surface area (Å²) in [5, 5.41) is 3.70. The van der Waals surface area contributed by atoms with Crippen molar-refractivity contribution < 1.29 is 9.53 Å². The van der Waals surface area contributed by atoms with Gasteiger partial charge in [0.25, 0.3) is 0 Å². The average Bonchev–Trinajstić information content (AvgIpc) is 3.08. The van der Waals surface area contributed by atoms with E-state index < -0.39 is 0 Å². The van der Waals surface area contributed by atoms with Gasteiger partial charge in [-0.2, -0.15) is 0 Å². The van der Waals surface area contributed by atoms with Crippen LogP contribution in [0.5, 0.6) is 5.75 Å². The van der Waals surface area contributed by atoms with Crippen LogP contribution in [0, 0.1) is 20.8 Å². The summed E-state index contributed by atoms with van der Waals surface area (Å²) in [6, 6.07) is 12.1. The van der Waals surface area contributed by atoms with Gasteiger partial charge in [0, 0.05) is 18.1 Å². The Balaban J connectivity index is 1.70. The van der Waals surface area contributed by atoms with Crippen molar-refractivity contribution in [1.29, 1.82) is 0 Å². The number of rotatable bonds is 6. The van der Waals surface area contributed by atoms with Crippen molar-refractivity contribution in [2.75, 3.05) is 18.2 Å². The van der Waals surface area contributed by atoms with E-state index in [4.69, 9.17) is 4.74 Å². The molecule has 1 amide bonds. The number of benzene rings is 2. The lowest BCUT2D eigenvalue weighted by Gasteiger charge is -2.12. The maximum Gasteiger partial charge on any atom is 0.234 e. The molecular weight excluding hydrogens is 358 g/mol. The maximum absolute atomic E-state index is 12.4. The molecule has 140 valence electrons. The number of aromatic nitrogens is 2. The highest BCUT2D eigenvalue weighted by Crippen LogP contribution is 2.26. The van der Waals surface area contributed by atoms with Crippen LogP contribution >= 0.6 is 11.8 Å². The molecular formula is C21H23N3O2S. The number of nitrogens with zero attached hydrogens (tertiary/aromatic N) is 2. The number of aryl methyl sites for hydroxylation is 3. The number of anilines is 1. The number of methoxy groups -OCH3 is 1. The van der Waals surface area contributed by atoms with Gasteiger partial charge in [0.05, 0.1) is 18.6 Å². The fraction of sp³-hybridized carbons (Fsp3) is 0.238. The van der Waals surface area contributed by atoms with Crippen LogP contribution in [0.1, 0.15) is 16.7 Å². The van der Waals surface area contributed by atoms with Gasteiger partial charge in [-0.25, -0.2) is 4.98 Å². The lowest BCUT2D eigenvalue weighted by atomic mass is 10.1. The van der Waals surface area contributed by atoms with Crippen LogP contribution in [0.4, 0.5) is 5.69 Å². The van der Waals surface area contributed by atoms with E-state index in [2.05, 4.69) is 42.3 Å². The third-order valence-corrected chi connectivity index (χ3v) is 5.02. The minimum Gasteiger partial charge on any atom is -0.495 e. The molecule has 0 aliphatic rings. The third-order valence-electron chi connectivity index (χ3n) is 4.05.